The van der Waals surface area contributed by atoms with E-state index in [1.807, 2.05) is 91.9 Å². The van der Waals surface area contributed by atoms with Crippen molar-refractivity contribution in [1.82, 2.24) is 14.8 Å². The van der Waals surface area contributed by atoms with Gasteiger partial charge in [-0.1, -0.05) is 60.7 Å². The molecular weight excluding hydrogens is 478 g/mol. The Balaban J connectivity index is 1.34. The van der Waals surface area contributed by atoms with Crippen molar-refractivity contribution in [1.29, 1.82) is 0 Å². The maximum absolute atomic E-state index is 13.6. The zero-order valence-electron chi connectivity index (χ0n) is 20.7. The lowest BCUT2D eigenvalue weighted by Gasteiger charge is -2.28. The van der Waals surface area contributed by atoms with Crippen LogP contribution in [-0.4, -0.2) is 20.7 Å². The largest absolute Gasteiger partial charge is 0.489 e. The maximum Gasteiger partial charge on any atom is 0.255 e. The third kappa shape index (κ3) is 4.67. The van der Waals surface area contributed by atoms with Crippen molar-refractivity contribution < 1.29 is 13.9 Å². The zero-order valence-corrected chi connectivity index (χ0v) is 20.7. The average Bonchev–Trinajstić information content (AvgIpc) is 3.63. The number of amides is 1. The smallest absolute Gasteiger partial charge is 0.255 e. The Bertz CT molecular complexity index is 1570. The number of fused-ring (bicyclic) bond motifs is 1. The van der Waals surface area contributed by atoms with Crippen molar-refractivity contribution in [3.63, 3.8) is 0 Å². The van der Waals surface area contributed by atoms with Gasteiger partial charge in [0.2, 0.25) is 11.8 Å². The second-order valence-electron chi connectivity index (χ2n) is 8.91. The molecule has 2 aromatic heterocycles. The molecule has 8 nitrogen and oxygen atoms in total. The molecule has 0 aliphatic carbocycles. The highest BCUT2D eigenvalue weighted by Gasteiger charge is 2.34. The molecule has 1 amide bonds. The lowest BCUT2D eigenvalue weighted by molar-refractivity contribution is -0.113. The van der Waals surface area contributed by atoms with Crippen molar-refractivity contribution in [3.05, 3.63) is 126 Å². The number of benzene rings is 3. The van der Waals surface area contributed by atoms with Crippen molar-refractivity contribution in [2.75, 3.05) is 10.6 Å². The van der Waals surface area contributed by atoms with E-state index >= 15 is 0 Å². The number of allylic oxidation sites excluding steroid dienone is 1. The number of furan rings is 1. The van der Waals surface area contributed by atoms with Crippen LogP contribution < -0.4 is 15.4 Å². The molecule has 1 atom stereocenters. The number of aromatic nitrogens is 3. The molecule has 1 aliphatic rings. The molecule has 1 unspecified atom stereocenters. The van der Waals surface area contributed by atoms with E-state index in [2.05, 4.69) is 15.6 Å². The van der Waals surface area contributed by atoms with Gasteiger partial charge in [0, 0.05) is 11.4 Å². The van der Waals surface area contributed by atoms with Gasteiger partial charge in [-0.25, -0.2) is 4.68 Å². The second-order valence-corrected chi connectivity index (χ2v) is 8.91. The molecule has 0 saturated carbocycles. The minimum absolute atomic E-state index is 0.226. The van der Waals surface area contributed by atoms with Gasteiger partial charge in [0.1, 0.15) is 18.4 Å². The van der Waals surface area contributed by atoms with E-state index in [-0.39, 0.29) is 5.91 Å². The summed E-state index contributed by atoms with van der Waals surface area (Å²) in [6.07, 6.45) is 1.58. The Morgan fingerprint density at radius 2 is 1.71 bits per heavy atom. The molecule has 0 fully saturated rings. The highest BCUT2D eigenvalue weighted by atomic mass is 16.5. The summed E-state index contributed by atoms with van der Waals surface area (Å²) in [6, 6.07) is 30.2. The summed E-state index contributed by atoms with van der Waals surface area (Å²) < 4.78 is 13.2. The van der Waals surface area contributed by atoms with Gasteiger partial charge in [-0.2, -0.15) is 4.98 Å². The number of anilines is 2. The van der Waals surface area contributed by atoms with Gasteiger partial charge in [-0.15, -0.1) is 5.10 Å². The Kier molecular flexibility index (Phi) is 6.19. The zero-order chi connectivity index (χ0) is 25.9. The molecule has 2 N–H and O–H groups in total. The van der Waals surface area contributed by atoms with Crippen LogP contribution in [0.3, 0.4) is 0 Å². The topological polar surface area (TPSA) is 94.2 Å². The fraction of sp³-hybridized carbons (Fsp3) is 0.100. The summed E-state index contributed by atoms with van der Waals surface area (Å²) in [5.41, 5.74) is 3.90. The predicted molar refractivity (Wildman–Crippen MR) is 144 cm³/mol. The molecule has 38 heavy (non-hydrogen) atoms. The molecule has 3 aromatic carbocycles. The predicted octanol–water partition coefficient (Wildman–Crippen LogP) is 6.04. The van der Waals surface area contributed by atoms with E-state index in [4.69, 9.17) is 14.3 Å². The number of hydrogen-bond acceptors (Lipinski definition) is 6. The summed E-state index contributed by atoms with van der Waals surface area (Å²) in [4.78, 5) is 18.3. The van der Waals surface area contributed by atoms with Crippen LogP contribution in [0.2, 0.25) is 0 Å². The third-order valence-electron chi connectivity index (χ3n) is 6.31. The number of rotatable bonds is 7. The van der Waals surface area contributed by atoms with Crippen molar-refractivity contribution in [3.8, 4) is 17.3 Å². The number of ether oxygens (including phenoxy) is 1. The van der Waals surface area contributed by atoms with Gasteiger partial charge in [0.25, 0.3) is 5.91 Å². The number of carbonyl (C=O) groups excluding carboxylic acids is 1. The van der Waals surface area contributed by atoms with Gasteiger partial charge in [0.05, 0.1) is 11.8 Å². The quantitative estimate of drug-likeness (QED) is 0.281. The Morgan fingerprint density at radius 1 is 0.974 bits per heavy atom. The fourth-order valence-corrected chi connectivity index (χ4v) is 4.47. The first-order valence-electron chi connectivity index (χ1n) is 12.3. The molecule has 0 saturated heterocycles. The molecule has 0 radical (unpaired) electrons. The van der Waals surface area contributed by atoms with Gasteiger partial charge >= 0.3 is 0 Å². The average molecular weight is 504 g/mol. The van der Waals surface area contributed by atoms with Crippen molar-refractivity contribution >= 4 is 17.5 Å². The summed E-state index contributed by atoms with van der Waals surface area (Å²) >= 11 is 0. The number of hydrogen-bond donors (Lipinski definition) is 2. The highest BCUT2D eigenvalue weighted by Crippen LogP contribution is 2.37. The first-order valence-corrected chi connectivity index (χ1v) is 12.3. The van der Waals surface area contributed by atoms with Crippen LogP contribution in [0.25, 0.3) is 11.6 Å². The number of para-hydroxylation sites is 1. The van der Waals surface area contributed by atoms with E-state index in [0.717, 1.165) is 16.9 Å². The molecule has 6 rings (SSSR count). The molecule has 1 aliphatic heterocycles. The molecule has 0 bridgehead atoms. The fourth-order valence-electron chi connectivity index (χ4n) is 4.47. The van der Waals surface area contributed by atoms with Crippen LogP contribution in [0.4, 0.5) is 11.6 Å². The Hall–Kier alpha value is -5.11. The second kappa shape index (κ2) is 10.1. The van der Waals surface area contributed by atoms with Gasteiger partial charge < -0.3 is 19.8 Å². The van der Waals surface area contributed by atoms with Crippen LogP contribution in [0.15, 0.2) is 119 Å². The summed E-state index contributed by atoms with van der Waals surface area (Å²) in [5.74, 6) is 2.02. The molecule has 5 aromatic rings. The molecular formula is C30H25N5O3. The molecule has 3 heterocycles. The van der Waals surface area contributed by atoms with E-state index in [9.17, 15) is 4.79 Å². The van der Waals surface area contributed by atoms with Crippen LogP contribution >= 0.6 is 0 Å². The van der Waals surface area contributed by atoms with Crippen molar-refractivity contribution in [2.24, 2.45) is 0 Å². The van der Waals surface area contributed by atoms with Gasteiger partial charge in [0.15, 0.2) is 5.76 Å². The minimum atomic E-state index is -0.519. The number of carbonyl (C=O) groups is 1. The summed E-state index contributed by atoms with van der Waals surface area (Å²) in [5, 5.41) is 11.0. The van der Waals surface area contributed by atoms with Gasteiger partial charge in [-0.3, -0.25) is 4.79 Å². The van der Waals surface area contributed by atoms with Crippen LogP contribution in [0.1, 0.15) is 24.1 Å². The minimum Gasteiger partial charge on any atom is -0.489 e. The summed E-state index contributed by atoms with van der Waals surface area (Å²) in [7, 11) is 0. The first kappa shape index (κ1) is 23.3. The summed E-state index contributed by atoms with van der Waals surface area (Å²) in [6.45, 7) is 2.34. The molecule has 8 heteroatoms. The molecule has 0 spiro atoms. The SMILES string of the molecule is CC1=C(C(=O)Nc2ccccc2)C(c2ccc(OCc3ccccc3)cc2)n2nc(-c3ccco3)nc2N1. The van der Waals surface area contributed by atoms with Gasteiger partial charge in [-0.05, 0) is 54.4 Å². The highest BCUT2D eigenvalue weighted by molar-refractivity contribution is 6.06. The van der Waals surface area contributed by atoms with E-state index in [0.29, 0.717) is 41.1 Å². The van der Waals surface area contributed by atoms with E-state index in [1.165, 1.54) is 0 Å². The third-order valence-corrected chi connectivity index (χ3v) is 6.31. The monoisotopic (exact) mass is 503 g/mol. The maximum atomic E-state index is 13.6. The lowest BCUT2D eigenvalue weighted by atomic mass is 9.95. The van der Waals surface area contributed by atoms with Crippen LogP contribution in [0, 0.1) is 0 Å². The van der Waals surface area contributed by atoms with E-state index in [1.54, 1.807) is 23.1 Å². The Morgan fingerprint density at radius 3 is 2.42 bits per heavy atom. The first-order chi connectivity index (χ1) is 18.7. The standard InChI is InChI=1S/C30H25N5O3/c1-20-26(29(36)32-23-11-6-3-7-12-23)27(35-30(31-20)33-28(34-35)25-13-8-18-37-25)22-14-16-24(17-15-22)38-19-21-9-4-2-5-10-21/h2-18,27H,19H2,1H3,(H,32,36)(H,31,33,34). The van der Waals surface area contributed by atoms with E-state index < -0.39 is 6.04 Å². The Labute approximate surface area is 219 Å². The van der Waals surface area contributed by atoms with Crippen molar-refractivity contribution in [2.45, 2.75) is 19.6 Å². The number of nitrogens with zero attached hydrogens (tertiary/aromatic N) is 3. The molecule has 188 valence electrons. The lowest BCUT2D eigenvalue weighted by Crippen LogP contribution is -2.31. The van der Waals surface area contributed by atoms with Crippen LogP contribution in [0.5, 0.6) is 5.75 Å². The number of nitrogens with one attached hydrogen (secondary N) is 2. The van der Waals surface area contributed by atoms with Crippen LogP contribution in [-0.2, 0) is 11.4 Å². The normalized spacial score (nSPS) is 14.5.